The summed E-state index contributed by atoms with van der Waals surface area (Å²) in [6, 6.07) is 0. The predicted octanol–water partition coefficient (Wildman–Crippen LogP) is 1.38. The van der Waals surface area contributed by atoms with Crippen LogP contribution in [0, 0.1) is 0 Å². The van der Waals surface area contributed by atoms with Gasteiger partial charge < -0.3 is 9.88 Å². The minimum absolute atomic E-state index is 0.0217. The molecular formula is C8H9ClF3N3O. The summed E-state index contributed by atoms with van der Waals surface area (Å²) in [6.07, 6.45) is -1.94. The lowest BCUT2D eigenvalue weighted by atomic mass is 10.4. The normalized spacial score (nSPS) is 11.5. The third-order valence-corrected chi connectivity index (χ3v) is 1.88. The number of aromatic amines is 1. The zero-order valence-electron chi connectivity index (χ0n) is 8.09. The summed E-state index contributed by atoms with van der Waals surface area (Å²) < 4.78 is 36.7. The monoisotopic (exact) mass is 255 g/mol. The number of rotatable bonds is 4. The molecule has 0 saturated heterocycles. The van der Waals surface area contributed by atoms with Crippen LogP contribution in [0.5, 0.6) is 0 Å². The van der Waals surface area contributed by atoms with E-state index in [1.54, 1.807) is 0 Å². The Hall–Kier alpha value is -1.24. The van der Waals surface area contributed by atoms with Gasteiger partial charge in [-0.1, -0.05) is 0 Å². The molecule has 0 saturated carbocycles. The van der Waals surface area contributed by atoms with E-state index in [-0.39, 0.29) is 18.2 Å². The first kappa shape index (κ1) is 12.8. The predicted molar refractivity (Wildman–Crippen MR) is 53.8 cm³/mol. The van der Waals surface area contributed by atoms with Crippen LogP contribution in [0.25, 0.3) is 0 Å². The van der Waals surface area contributed by atoms with Gasteiger partial charge in [-0.15, -0.1) is 11.6 Å². The summed E-state index contributed by atoms with van der Waals surface area (Å²) in [5.74, 6) is -0.299. The van der Waals surface area contributed by atoms with E-state index in [0.717, 1.165) is 4.90 Å². The van der Waals surface area contributed by atoms with Crippen molar-refractivity contribution in [2.45, 2.75) is 6.18 Å². The minimum atomic E-state index is -4.41. The van der Waals surface area contributed by atoms with Gasteiger partial charge in [-0.05, 0) is 0 Å². The molecule has 1 N–H and O–H groups in total. The van der Waals surface area contributed by atoms with Gasteiger partial charge in [-0.3, -0.25) is 4.79 Å². The number of hydrogen-bond donors (Lipinski definition) is 1. The SMILES string of the molecule is O=c1[nH]ccnc1N(CCCl)CC(F)(F)F. The molecule has 0 radical (unpaired) electrons. The topological polar surface area (TPSA) is 49.0 Å². The van der Waals surface area contributed by atoms with E-state index < -0.39 is 18.3 Å². The zero-order valence-corrected chi connectivity index (χ0v) is 8.85. The largest absolute Gasteiger partial charge is 0.405 e. The van der Waals surface area contributed by atoms with Crippen molar-refractivity contribution in [1.29, 1.82) is 0 Å². The quantitative estimate of drug-likeness (QED) is 0.827. The van der Waals surface area contributed by atoms with Crippen LogP contribution in [-0.2, 0) is 0 Å². The zero-order chi connectivity index (χ0) is 12.2. The highest BCUT2D eigenvalue weighted by atomic mass is 35.5. The molecule has 0 aliphatic rings. The molecular weight excluding hydrogens is 247 g/mol. The number of H-pyrrole nitrogens is 1. The number of alkyl halides is 4. The van der Waals surface area contributed by atoms with Crippen LogP contribution in [0.15, 0.2) is 17.2 Å². The highest BCUT2D eigenvalue weighted by molar-refractivity contribution is 6.18. The average Bonchev–Trinajstić information content (AvgIpc) is 2.16. The van der Waals surface area contributed by atoms with Crippen LogP contribution < -0.4 is 10.5 Å². The van der Waals surface area contributed by atoms with Gasteiger partial charge in [0.25, 0.3) is 5.56 Å². The Morgan fingerprint density at radius 1 is 1.50 bits per heavy atom. The summed E-state index contributed by atoms with van der Waals surface area (Å²) in [4.78, 5) is 17.9. The van der Waals surface area contributed by atoms with Gasteiger partial charge in [-0.2, -0.15) is 13.2 Å². The molecule has 0 fully saturated rings. The van der Waals surface area contributed by atoms with Crippen molar-refractivity contribution in [2.75, 3.05) is 23.9 Å². The van der Waals surface area contributed by atoms with Gasteiger partial charge in [-0.25, -0.2) is 4.98 Å². The first-order chi connectivity index (χ1) is 7.44. The van der Waals surface area contributed by atoms with Crippen LogP contribution in [0.2, 0.25) is 0 Å². The number of nitrogens with one attached hydrogen (secondary N) is 1. The van der Waals surface area contributed by atoms with Crippen molar-refractivity contribution < 1.29 is 13.2 Å². The number of nitrogens with zero attached hydrogens (tertiary/aromatic N) is 2. The van der Waals surface area contributed by atoms with Gasteiger partial charge in [0.05, 0.1) is 0 Å². The molecule has 90 valence electrons. The van der Waals surface area contributed by atoms with Gasteiger partial charge >= 0.3 is 6.18 Å². The van der Waals surface area contributed by atoms with Crippen molar-refractivity contribution >= 4 is 17.4 Å². The lowest BCUT2D eigenvalue weighted by Gasteiger charge is -2.22. The number of anilines is 1. The van der Waals surface area contributed by atoms with Crippen molar-refractivity contribution in [3.63, 3.8) is 0 Å². The van der Waals surface area contributed by atoms with Crippen LogP contribution >= 0.6 is 11.6 Å². The van der Waals surface area contributed by atoms with Gasteiger partial charge in [0.1, 0.15) is 6.54 Å². The Bertz CT molecular complexity index is 393. The van der Waals surface area contributed by atoms with E-state index >= 15 is 0 Å². The molecule has 0 aromatic carbocycles. The highest BCUT2D eigenvalue weighted by Crippen LogP contribution is 2.18. The van der Waals surface area contributed by atoms with Crippen LogP contribution in [-0.4, -0.2) is 35.1 Å². The maximum Gasteiger partial charge on any atom is 0.405 e. The lowest BCUT2D eigenvalue weighted by molar-refractivity contribution is -0.119. The summed E-state index contributed by atoms with van der Waals surface area (Å²) in [5.41, 5.74) is -0.670. The summed E-state index contributed by atoms with van der Waals surface area (Å²) in [5, 5.41) is 0. The van der Waals surface area contributed by atoms with E-state index in [4.69, 9.17) is 11.6 Å². The fraction of sp³-hybridized carbons (Fsp3) is 0.500. The van der Waals surface area contributed by atoms with Crippen molar-refractivity contribution in [2.24, 2.45) is 0 Å². The maximum absolute atomic E-state index is 12.2. The first-order valence-electron chi connectivity index (χ1n) is 4.35. The minimum Gasteiger partial charge on any atom is -0.342 e. The fourth-order valence-electron chi connectivity index (χ4n) is 1.15. The van der Waals surface area contributed by atoms with E-state index in [1.807, 2.05) is 0 Å². The number of halogens is 4. The second kappa shape index (κ2) is 5.20. The molecule has 0 atom stereocenters. The third-order valence-electron chi connectivity index (χ3n) is 1.71. The van der Waals surface area contributed by atoms with E-state index in [9.17, 15) is 18.0 Å². The first-order valence-corrected chi connectivity index (χ1v) is 4.89. The lowest BCUT2D eigenvalue weighted by Crippen LogP contribution is -2.39. The molecule has 0 aliphatic heterocycles. The van der Waals surface area contributed by atoms with Crippen LogP contribution in [0.4, 0.5) is 19.0 Å². The molecule has 1 heterocycles. The van der Waals surface area contributed by atoms with E-state index in [1.165, 1.54) is 12.4 Å². The molecule has 1 aromatic heterocycles. The fourth-order valence-corrected chi connectivity index (χ4v) is 1.35. The Balaban J connectivity index is 2.94. The Morgan fingerprint density at radius 3 is 2.69 bits per heavy atom. The molecule has 4 nitrogen and oxygen atoms in total. The molecule has 1 rings (SSSR count). The molecule has 16 heavy (non-hydrogen) atoms. The molecule has 0 bridgehead atoms. The third kappa shape index (κ3) is 3.73. The smallest absolute Gasteiger partial charge is 0.342 e. The second-order valence-corrected chi connectivity index (χ2v) is 3.35. The van der Waals surface area contributed by atoms with E-state index in [2.05, 4.69) is 9.97 Å². The van der Waals surface area contributed by atoms with Crippen LogP contribution in [0.1, 0.15) is 0 Å². The van der Waals surface area contributed by atoms with Gasteiger partial charge in [0, 0.05) is 24.8 Å². The Kier molecular flexibility index (Phi) is 4.17. The standard InChI is InChI=1S/C8H9ClF3N3O/c9-1-4-15(5-8(10,11)12)6-7(16)14-3-2-13-6/h2-3H,1,4-5H2,(H,14,16). The summed E-state index contributed by atoms with van der Waals surface area (Å²) >= 11 is 5.38. The number of hydrogen-bond acceptors (Lipinski definition) is 3. The Labute approximate surface area is 94.1 Å². The molecule has 1 aromatic rings. The van der Waals surface area contributed by atoms with Crippen molar-refractivity contribution in [3.05, 3.63) is 22.7 Å². The number of aromatic nitrogens is 2. The van der Waals surface area contributed by atoms with E-state index in [0.29, 0.717) is 0 Å². The maximum atomic E-state index is 12.2. The molecule has 0 amide bonds. The summed E-state index contributed by atoms with van der Waals surface area (Å²) in [7, 11) is 0. The molecule has 0 aliphatic carbocycles. The second-order valence-electron chi connectivity index (χ2n) is 2.97. The molecule has 0 unspecified atom stereocenters. The molecule has 0 spiro atoms. The van der Waals surface area contributed by atoms with Gasteiger partial charge in [0.2, 0.25) is 0 Å². The molecule has 8 heteroatoms. The average molecular weight is 256 g/mol. The Morgan fingerprint density at radius 2 is 2.19 bits per heavy atom. The van der Waals surface area contributed by atoms with Crippen molar-refractivity contribution in [1.82, 2.24) is 9.97 Å². The van der Waals surface area contributed by atoms with Gasteiger partial charge in [0.15, 0.2) is 5.82 Å². The highest BCUT2D eigenvalue weighted by Gasteiger charge is 2.31. The van der Waals surface area contributed by atoms with Crippen molar-refractivity contribution in [3.8, 4) is 0 Å². The van der Waals surface area contributed by atoms with Crippen LogP contribution in [0.3, 0.4) is 0 Å². The summed E-state index contributed by atoms with van der Waals surface area (Å²) in [6.45, 7) is -1.35.